The van der Waals surface area contributed by atoms with Crippen LogP contribution in [0, 0.1) is 0 Å². The van der Waals surface area contributed by atoms with Gasteiger partial charge in [0.2, 0.25) is 0 Å². The quantitative estimate of drug-likeness (QED) is 0.862. The molecule has 2 heterocycles. The van der Waals surface area contributed by atoms with Crippen LogP contribution in [0.4, 0.5) is 0 Å². The highest BCUT2D eigenvalue weighted by atomic mass is 79.9. The number of piperidine rings is 1. The van der Waals surface area contributed by atoms with E-state index in [2.05, 4.69) is 45.2 Å². The maximum Gasteiger partial charge on any atom is 0.0767 e. The summed E-state index contributed by atoms with van der Waals surface area (Å²) < 4.78 is 3.26. The highest BCUT2D eigenvalue weighted by Crippen LogP contribution is 2.27. The molecule has 5 heteroatoms. The first kappa shape index (κ1) is 16.0. The Bertz CT molecular complexity index is 430. The predicted molar refractivity (Wildman–Crippen MR) is 86.9 cm³/mol. The second kappa shape index (κ2) is 7.57. The summed E-state index contributed by atoms with van der Waals surface area (Å²) >= 11 is 3.74. The van der Waals surface area contributed by atoms with Crippen LogP contribution in [0.25, 0.3) is 0 Å². The van der Waals surface area contributed by atoms with E-state index in [1.54, 1.807) is 0 Å². The fourth-order valence-corrected chi connectivity index (χ4v) is 3.83. The van der Waals surface area contributed by atoms with Crippen molar-refractivity contribution >= 4 is 15.9 Å². The normalized spacial score (nSPS) is 20.5. The van der Waals surface area contributed by atoms with Crippen molar-refractivity contribution in [2.45, 2.75) is 51.6 Å². The molecule has 0 saturated carbocycles. The maximum absolute atomic E-state index is 4.61. The van der Waals surface area contributed by atoms with Crippen LogP contribution in [0.2, 0.25) is 0 Å². The number of nitrogens with one attached hydrogen (secondary N) is 1. The molecular formula is C15H27BrN4. The zero-order valence-corrected chi connectivity index (χ0v) is 14.5. The Kier molecular flexibility index (Phi) is 6.05. The van der Waals surface area contributed by atoms with Crippen molar-refractivity contribution in [3.05, 3.63) is 15.9 Å². The highest BCUT2D eigenvalue weighted by Gasteiger charge is 2.24. The third-order valence-electron chi connectivity index (χ3n) is 4.33. The van der Waals surface area contributed by atoms with Gasteiger partial charge in [0, 0.05) is 19.6 Å². The predicted octanol–water partition coefficient (Wildman–Crippen LogP) is 2.71. The molecule has 0 amide bonds. The molecule has 1 unspecified atom stereocenters. The summed E-state index contributed by atoms with van der Waals surface area (Å²) in [5.74, 6) is 0. The first-order valence-corrected chi connectivity index (χ1v) is 8.55. The minimum Gasteiger partial charge on any atom is -0.320 e. The Morgan fingerprint density at radius 1 is 1.40 bits per heavy atom. The number of nitrogens with zero attached hydrogens (tertiary/aromatic N) is 3. The highest BCUT2D eigenvalue weighted by molar-refractivity contribution is 9.10. The molecule has 4 nitrogen and oxygen atoms in total. The van der Waals surface area contributed by atoms with Crippen LogP contribution in [0.5, 0.6) is 0 Å². The van der Waals surface area contributed by atoms with E-state index in [1.807, 2.05) is 11.7 Å². The maximum atomic E-state index is 4.61. The minimum atomic E-state index is 0.711. The second-order valence-electron chi connectivity index (χ2n) is 5.70. The molecule has 1 saturated heterocycles. The van der Waals surface area contributed by atoms with Crippen molar-refractivity contribution in [3.63, 3.8) is 0 Å². The van der Waals surface area contributed by atoms with E-state index in [0.717, 1.165) is 19.5 Å². The Labute approximate surface area is 131 Å². The molecule has 2 rings (SSSR count). The molecule has 114 valence electrons. The van der Waals surface area contributed by atoms with Crippen LogP contribution in [0.15, 0.2) is 4.47 Å². The van der Waals surface area contributed by atoms with E-state index in [1.165, 1.54) is 48.1 Å². The lowest BCUT2D eigenvalue weighted by Gasteiger charge is -2.35. The largest absolute Gasteiger partial charge is 0.320 e. The van der Waals surface area contributed by atoms with Gasteiger partial charge in [0.25, 0.3) is 0 Å². The molecule has 1 N–H and O–H groups in total. The van der Waals surface area contributed by atoms with E-state index >= 15 is 0 Å². The van der Waals surface area contributed by atoms with E-state index in [4.69, 9.17) is 0 Å². The third-order valence-corrected chi connectivity index (χ3v) is 5.25. The molecule has 1 aromatic rings. The van der Waals surface area contributed by atoms with Crippen LogP contribution < -0.4 is 5.32 Å². The number of aromatic nitrogens is 2. The molecule has 0 aliphatic carbocycles. The first-order chi connectivity index (χ1) is 9.67. The van der Waals surface area contributed by atoms with E-state index in [9.17, 15) is 0 Å². The summed E-state index contributed by atoms with van der Waals surface area (Å²) in [6, 6.07) is 0.711. The number of rotatable bonds is 6. The molecule has 0 aromatic carbocycles. The molecular weight excluding hydrogens is 316 g/mol. The number of hydrogen-bond acceptors (Lipinski definition) is 3. The monoisotopic (exact) mass is 342 g/mol. The van der Waals surface area contributed by atoms with E-state index < -0.39 is 0 Å². The van der Waals surface area contributed by atoms with Gasteiger partial charge in [-0.25, -0.2) is 0 Å². The van der Waals surface area contributed by atoms with Gasteiger partial charge >= 0.3 is 0 Å². The van der Waals surface area contributed by atoms with Gasteiger partial charge in [-0.15, -0.1) is 0 Å². The molecule has 1 atom stereocenters. The average Bonchev–Trinajstić information content (AvgIpc) is 2.73. The van der Waals surface area contributed by atoms with Crippen LogP contribution in [0.3, 0.4) is 0 Å². The van der Waals surface area contributed by atoms with E-state index in [0.29, 0.717) is 6.04 Å². The summed E-state index contributed by atoms with van der Waals surface area (Å²) in [7, 11) is 4.10. The summed E-state index contributed by atoms with van der Waals surface area (Å²) in [5.41, 5.74) is 2.49. The smallest absolute Gasteiger partial charge is 0.0767 e. The van der Waals surface area contributed by atoms with Crippen LogP contribution in [-0.4, -0.2) is 40.9 Å². The topological polar surface area (TPSA) is 33.1 Å². The van der Waals surface area contributed by atoms with Crippen molar-refractivity contribution in [2.75, 3.05) is 20.1 Å². The van der Waals surface area contributed by atoms with E-state index in [-0.39, 0.29) is 0 Å². The summed E-state index contributed by atoms with van der Waals surface area (Å²) in [6.45, 7) is 5.49. The van der Waals surface area contributed by atoms with Gasteiger partial charge in [0.15, 0.2) is 0 Å². The van der Waals surface area contributed by atoms with Crippen molar-refractivity contribution in [2.24, 2.45) is 7.05 Å². The number of likely N-dealkylation sites (tertiary alicyclic amines) is 1. The van der Waals surface area contributed by atoms with Crippen LogP contribution >= 0.6 is 15.9 Å². The lowest BCUT2D eigenvalue weighted by atomic mass is 9.99. The van der Waals surface area contributed by atoms with Crippen molar-refractivity contribution in [1.82, 2.24) is 20.0 Å². The van der Waals surface area contributed by atoms with Gasteiger partial charge in [0.05, 0.1) is 15.9 Å². The molecule has 1 aliphatic rings. The number of halogens is 1. The molecule has 0 radical (unpaired) electrons. The Hall–Kier alpha value is -0.390. The van der Waals surface area contributed by atoms with Gasteiger partial charge in [-0.3, -0.25) is 9.58 Å². The molecule has 1 aliphatic heterocycles. The Morgan fingerprint density at radius 3 is 2.85 bits per heavy atom. The van der Waals surface area contributed by atoms with Gasteiger partial charge in [0.1, 0.15) is 0 Å². The fourth-order valence-electron chi connectivity index (χ4n) is 3.09. The second-order valence-corrected chi connectivity index (χ2v) is 6.49. The molecule has 1 fully saturated rings. The van der Waals surface area contributed by atoms with Crippen molar-refractivity contribution < 1.29 is 0 Å². The van der Waals surface area contributed by atoms with Gasteiger partial charge in [-0.2, -0.15) is 5.10 Å². The first-order valence-electron chi connectivity index (χ1n) is 7.76. The Morgan fingerprint density at radius 2 is 2.20 bits per heavy atom. The molecule has 0 spiro atoms. The van der Waals surface area contributed by atoms with Gasteiger partial charge < -0.3 is 5.32 Å². The SMILES string of the molecule is CCc1nn(C)c(CN2CCCCC2CCNC)c1Br. The van der Waals surface area contributed by atoms with Crippen LogP contribution in [-0.2, 0) is 20.0 Å². The van der Waals surface area contributed by atoms with Crippen molar-refractivity contribution in [3.8, 4) is 0 Å². The zero-order valence-electron chi connectivity index (χ0n) is 13.0. The van der Waals surface area contributed by atoms with Crippen LogP contribution in [0.1, 0.15) is 44.0 Å². The lowest BCUT2D eigenvalue weighted by molar-refractivity contribution is 0.129. The van der Waals surface area contributed by atoms with Crippen molar-refractivity contribution in [1.29, 1.82) is 0 Å². The molecule has 0 bridgehead atoms. The zero-order chi connectivity index (χ0) is 14.5. The lowest BCUT2D eigenvalue weighted by Crippen LogP contribution is -2.40. The van der Waals surface area contributed by atoms with Gasteiger partial charge in [-0.1, -0.05) is 13.3 Å². The minimum absolute atomic E-state index is 0.711. The summed E-state index contributed by atoms with van der Waals surface area (Å²) in [4.78, 5) is 2.64. The summed E-state index contributed by atoms with van der Waals surface area (Å²) in [6.07, 6.45) is 6.26. The standard InChI is InChI=1S/C15H27BrN4/c1-4-13-15(16)14(19(3)18-13)11-20-10-6-5-7-12(20)8-9-17-2/h12,17H,4-11H2,1-3H3. The Balaban J connectivity index is 2.08. The molecule has 1 aromatic heterocycles. The number of hydrogen-bond donors (Lipinski definition) is 1. The average molecular weight is 343 g/mol. The third kappa shape index (κ3) is 3.62. The molecule has 20 heavy (non-hydrogen) atoms. The number of aryl methyl sites for hydroxylation is 2. The van der Waals surface area contributed by atoms with Gasteiger partial charge in [-0.05, 0) is 61.8 Å². The fraction of sp³-hybridized carbons (Fsp3) is 0.800. The summed E-state index contributed by atoms with van der Waals surface area (Å²) in [5, 5.41) is 7.89.